The second-order valence-corrected chi connectivity index (χ2v) is 8.01. The highest BCUT2D eigenvalue weighted by Gasteiger charge is 2.24. The number of nitrogens with zero attached hydrogens (tertiary/aromatic N) is 1. The van der Waals surface area contributed by atoms with E-state index >= 15 is 0 Å². The molecular formula is C19H24N2O5S. The van der Waals surface area contributed by atoms with Gasteiger partial charge in [-0.05, 0) is 37.3 Å². The Morgan fingerprint density at radius 3 is 2.30 bits per heavy atom. The first kappa shape index (κ1) is 20.7. The number of carbonyl (C=O) groups excluding carboxylic acids is 1. The molecule has 1 N–H and O–H groups in total. The van der Waals surface area contributed by atoms with E-state index in [-0.39, 0.29) is 17.5 Å². The number of ether oxygens (including phenoxy) is 2. The smallest absolute Gasteiger partial charge is 0.243 e. The van der Waals surface area contributed by atoms with Gasteiger partial charge >= 0.3 is 0 Å². The number of para-hydroxylation sites is 1. The number of methoxy groups -OCH3 is 2. The first-order valence-corrected chi connectivity index (χ1v) is 9.76. The van der Waals surface area contributed by atoms with Crippen LogP contribution in [0.5, 0.6) is 11.5 Å². The lowest BCUT2D eigenvalue weighted by Gasteiger charge is -2.20. The van der Waals surface area contributed by atoms with E-state index in [1.54, 1.807) is 25.3 Å². The fraction of sp³-hybridized carbons (Fsp3) is 0.316. The van der Waals surface area contributed by atoms with Gasteiger partial charge in [0.05, 0.1) is 31.7 Å². The molecule has 2 aromatic carbocycles. The van der Waals surface area contributed by atoms with Crippen molar-refractivity contribution in [3.63, 3.8) is 0 Å². The Morgan fingerprint density at radius 1 is 1.07 bits per heavy atom. The van der Waals surface area contributed by atoms with Crippen LogP contribution in [0.3, 0.4) is 0 Å². The molecule has 0 radical (unpaired) electrons. The Balaban J connectivity index is 2.05. The standard InChI is InChI=1S/C19H24N2O5S/c1-14(17-7-5-6-8-18(17)26-4)20-19(22)13-21(2)27(23,24)16-11-9-15(25-3)10-12-16/h5-12,14H,13H2,1-4H3,(H,20,22)/t14-/m1/s1. The summed E-state index contributed by atoms with van der Waals surface area (Å²) in [5, 5.41) is 2.80. The Bertz CT molecular complexity index is 881. The molecule has 0 aliphatic heterocycles. The summed E-state index contributed by atoms with van der Waals surface area (Å²) in [6.07, 6.45) is 0. The molecule has 0 aliphatic carbocycles. The summed E-state index contributed by atoms with van der Waals surface area (Å²) in [6, 6.07) is 13.0. The quantitative estimate of drug-likeness (QED) is 0.744. The zero-order chi connectivity index (χ0) is 20.0. The van der Waals surface area contributed by atoms with Gasteiger partial charge in [0.15, 0.2) is 0 Å². The van der Waals surface area contributed by atoms with Crippen LogP contribution in [0.15, 0.2) is 53.4 Å². The molecule has 27 heavy (non-hydrogen) atoms. The molecule has 0 unspecified atom stereocenters. The van der Waals surface area contributed by atoms with Gasteiger partial charge in [-0.15, -0.1) is 0 Å². The normalized spacial score (nSPS) is 12.5. The van der Waals surface area contributed by atoms with Crippen molar-refractivity contribution in [3.8, 4) is 11.5 Å². The van der Waals surface area contributed by atoms with E-state index in [9.17, 15) is 13.2 Å². The monoisotopic (exact) mass is 392 g/mol. The molecule has 1 amide bonds. The van der Waals surface area contributed by atoms with E-state index in [2.05, 4.69) is 5.32 Å². The topological polar surface area (TPSA) is 84.9 Å². The molecule has 146 valence electrons. The minimum absolute atomic E-state index is 0.0939. The van der Waals surface area contributed by atoms with Gasteiger partial charge in [-0.3, -0.25) is 4.79 Å². The van der Waals surface area contributed by atoms with Gasteiger partial charge in [-0.25, -0.2) is 8.42 Å². The fourth-order valence-electron chi connectivity index (χ4n) is 2.60. The molecule has 0 heterocycles. The highest BCUT2D eigenvalue weighted by Crippen LogP contribution is 2.24. The number of amides is 1. The van der Waals surface area contributed by atoms with Crippen LogP contribution in [-0.4, -0.2) is 46.4 Å². The number of likely N-dealkylation sites (N-methyl/N-ethyl adjacent to an activating group) is 1. The maximum Gasteiger partial charge on any atom is 0.243 e. The molecule has 1 atom stereocenters. The molecule has 0 saturated carbocycles. The van der Waals surface area contributed by atoms with Gasteiger partial charge < -0.3 is 14.8 Å². The SMILES string of the molecule is COc1ccc(S(=O)(=O)N(C)CC(=O)N[C@H](C)c2ccccc2OC)cc1. The Kier molecular flexibility index (Phi) is 6.81. The molecule has 0 aromatic heterocycles. The Hall–Kier alpha value is -2.58. The van der Waals surface area contributed by atoms with E-state index in [0.29, 0.717) is 11.5 Å². The summed E-state index contributed by atoms with van der Waals surface area (Å²) in [6.45, 7) is 1.52. The van der Waals surface area contributed by atoms with Gasteiger partial charge in [0.2, 0.25) is 15.9 Å². The molecule has 7 nitrogen and oxygen atoms in total. The van der Waals surface area contributed by atoms with Crippen LogP contribution in [0.4, 0.5) is 0 Å². The number of benzene rings is 2. The van der Waals surface area contributed by atoms with Crippen molar-refractivity contribution in [2.24, 2.45) is 0 Å². The lowest BCUT2D eigenvalue weighted by molar-refractivity contribution is -0.121. The highest BCUT2D eigenvalue weighted by molar-refractivity contribution is 7.89. The highest BCUT2D eigenvalue weighted by atomic mass is 32.2. The van der Waals surface area contributed by atoms with Crippen molar-refractivity contribution in [2.75, 3.05) is 27.8 Å². The molecule has 0 fully saturated rings. The summed E-state index contributed by atoms with van der Waals surface area (Å²) in [7, 11) is 0.649. The van der Waals surface area contributed by atoms with Crippen LogP contribution in [0.1, 0.15) is 18.5 Å². The number of hydrogen-bond donors (Lipinski definition) is 1. The summed E-state index contributed by atoms with van der Waals surface area (Å²) in [5.41, 5.74) is 0.814. The van der Waals surface area contributed by atoms with Crippen molar-refractivity contribution >= 4 is 15.9 Å². The predicted molar refractivity (Wildman–Crippen MR) is 102 cm³/mol. The average Bonchev–Trinajstić information content (AvgIpc) is 2.67. The number of carbonyl (C=O) groups is 1. The van der Waals surface area contributed by atoms with E-state index in [1.165, 1.54) is 26.3 Å². The largest absolute Gasteiger partial charge is 0.497 e. The van der Waals surface area contributed by atoms with Crippen LogP contribution in [0, 0.1) is 0 Å². The molecule has 0 aliphatic rings. The van der Waals surface area contributed by atoms with E-state index in [0.717, 1.165) is 9.87 Å². The van der Waals surface area contributed by atoms with Crippen molar-refractivity contribution in [3.05, 3.63) is 54.1 Å². The second-order valence-electron chi connectivity index (χ2n) is 5.97. The molecule has 2 aromatic rings. The van der Waals surface area contributed by atoms with Gasteiger partial charge in [0, 0.05) is 12.6 Å². The second kappa shape index (κ2) is 8.88. The molecule has 2 rings (SSSR count). The van der Waals surface area contributed by atoms with Crippen molar-refractivity contribution in [1.29, 1.82) is 0 Å². The minimum Gasteiger partial charge on any atom is -0.497 e. The molecule has 0 spiro atoms. The third-order valence-electron chi connectivity index (χ3n) is 4.12. The first-order chi connectivity index (χ1) is 12.8. The van der Waals surface area contributed by atoms with E-state index in [1.807, 2.05) is 25.1 Å². The Morgan fingerprint density at radius 2 is 1.70 bits per heavy atom. The first-order valence-electron chi connectivity index (χ1n) is 8.32. The zero-order valence-electron chi connectivity index (χ0n) is 15.8. The lowest BCUT2D eigenvalue weighted by Crippen LogP contribution is -2.39. The Labute approximate surface area is 160 Å². The maximum absolute atomic E-state index is 12.6. The molecular weight excluding hydrogens is 368 g/mol. The van der Waals surface area contributed by atoms with Crippen molar-refractivity contribution < 1.29 is 22.7 Å². The number of rotatable bonds is 8. The number of sulfonamides is 1. The summed E-state index contributed by atoms with van der Waals surface area (Å²) in [5.74, 6) is 0.803. The molecule has 0 saturated heterocycles. The van der Waals surface area contributed by atoms with Gasteiger partial charge in [-0.1, -0.05) is 18.2 Å². The fourth-order valence-corrected chi connectivity index (χ4v) is 3.73. The zero-order valence-corrected chi connectivity index (χ0v) is 16.6. The third-order valence-corrected chi connectivity index (χ3v) is 5.93. The van der Waals surface area contributed by atoms with Crippen molar-refractivity contribution in [2.45, 2.75) is 17.9 Å². The van der Waals surface area contributed by atoms with Crippen LogP contribution in [0.25, 0.3) is 0 Å². The summed E-state index contributed by atoms with van der Waals surface area (Å²) in [4.78, 5) is 12.4. The minimum atomic E-state index is -3.78. The average molecular weight is 392 g/mol. The van der Waals surface area contributed by atoms with Crippen LogP contribution >= 0.6 is 0 Å². The molecule has 8 heteroatoms. The van der Waals surface area contributed by atoms with Gasteiger partial charge in [0.1, 0.15) is 11.5 Å². The van der Waals surface area contributed by atoms with Crippen LogP contribution in [0.2, 0.25) is 0 Å². The van der Waals surface area contributed by atoms with Crippen molar-refractivity contribution in [1.82, 2.24) is 9.62 Å². The summed E-state index contributed by atoms with van der Waals surface area (Å²) >= 11 is 0. The lowest BCUT2D eigenvalue weighted by atomic mass is 10.1. The van der Waals surface area contributed by atoms with Crippen LogP contribution < -0.4 is 14.8 Å². The van der Waals surface area contributed by atoms with E-state index in [4.69, 9.17) is 9.47 Å². The van der Waals surface area contributed by atoms with Crippen LogP contribution in [-0.2, 0) is 14.8 Å². The predicted octanol–water partition coefficient (Wildman–Crippen LogP) is 2.20. The molecule has 0 bridgehead atoms. The number of hydrogen-bond acceptors (Lipinski definition) is 5. The maximum atomic E-state index is 12.6. The van der Waals surface area contributed by atoms with E-state index < -0.39 is 15.9 Å². The number of nitrogens with one attached hydrogen (secondary N) is 1. The summed E-state index contributed by atoms with van der Waals surface area (Å²) < 4.78 is 36.6. The third kappa shape index (κ3) is 4.99. The van der Waals surface area contributed by atoms with Gasteiger partial charge in [-0.2, -0.15) is 4.31 Å². The van der Waals surface area contributed by atoms with Gasteiger partial charge in [0.25, 0.3) is 0 Å².